The number of aliphatic imine (C=N–C) groups is 1. The summed E-state index contributed by atoms with van der Waals surface area (Å²) < 4.78 is 0. The van der Waals surface area contributed by atoms with E-state index in [4.69, 9.17) is 0 Å². The maximum atomic E-state index is 11.7. The summed E-state index contributed by atoms with van der Waals surface area (Å²) in [6.07, 6.45) is 8.72. The summed E-state index contributed by atoms with van der Waals surface area (Å²) in [7, 11) is 0. The number of benzene rings is 1. The number of unbranched alkanes of at least 4 members (excludes halogenated alkanes) is 5. The second-order valence-corrected chi connectivity index (χ2v) is 6.17. The lowest BCUT2D eigenvalue weighted by atomic mass is 10.1. The van der Waals surface area contributed by atoms with Crippen molar-refractivity contribution >= 4 is 17.6 Å². The number of nitrogens with zero attached hydrogens (tertiary/aromatic N) is 1. The molecule has 0 radical (unpaired) electrons. The van der Waals surface area contributed by atoms with Crippen molar-refractivity contribution in [1.29, 1.82) is 0 Å². The first-order valence-corrected chi connectivity index (χ1v) is 9.03. The standard InChI is InChI=1S/C19H26N4O3/c1-2-3-4-5-6-7-11-20-14-9-8-10-15(12-14)21-13-16-17(24)22-19(26)23-18(16)25/h8-10,12-13,20H,2-7,11H2,1H3,(H3,22,23,24,25,26). The van der Waals surface area contributed by atoms with Crippen LogP contribution in [0.4, 0.5) is 11.4 Å². The SMILES string of the molecule is CCCCCCCCNc1cccc(N=Cc2c(O)[nH]c(=O)[nH]c2=O)c1. The van der Waals surface area contributed by atoms with E-state index >= 15 is 0 Å². The molecule has 0 saturated heterocycles. The number of nitrogens with one attached hydrogen (secondary N) is 3. The number of aromatic hydroxyl groups is 1. The fraction of sp³-hybridized carbons (Fsp3) is 0.421. The van der Waals surface area contributed by atoms with Gasteiger partial charge in [0.2, 0.25) is 5.88 Å². The minimum Gasteiger partial charge on any atom is -0.494 e. The van der Waals surface area contributed by atoms with Crippen LogP contribution in [-0.2, 0) is 0 Å². The van der Waals surface area contributed by atoms with Gasteiger partial charge in [-0.3, -0.25) is 19.8 Å². The molecule has 1 aromatic carbocycles. The van der Waals surface area contributed by atoms with Crippen LogP contribution in [0.2, 0.25) is 0 Å². The van der Waals surface area contributed by atoms with Crippen LogP contribution in [0.25, 0.3) is 0 Å². The number of hydrogen-bond acceptors (Lipinski definition) is 5. The van der Waals surface area contributed by atoms with Crippen molar-refractivity contribution in [2.45, 2.75) is 45.4 Å². The third-order valence-electron chi connectivity index (χ3n) is 4.01. The largest absolute Gasteiger partial charge is 0.494 e. The van der Waals surface area contributed by atoms with Gasteiger partial charge in [0, 0.05) is 18.4 Å². The van der Waals surface area contributed by atoms with Crippen LogP contribution in [0.5, 0.6) is 5.88 Å². The van der Waals surface area contributed by atoms with Gasteiger partial charge in [0.25, 0.3) is 5.56 Å². The summed E-state index contributed by atoms with van der Waals surface area (Å²) >= 11 is 0. The molecule has 0 atom stereocenters. The normalized spacial score (nSPS) is 11.1. The van der Waals surface area contributed by atoms with E-state index in [0.29, 0.717) is 5.69 Å². The quantitative estimate of drug-likeness (QED) is 0.386. The molecule has 0 aliphatic carbocycles. The molecular formula is C19H26N4O3. The molecule has 7 nitrogen and oxygen atoms in total. The fourth-order valence-corrected chi connectivity index (χ4v) is 2.58. The molecule has 0 spiro atoms. The number of aromatic amines is 2. The van der Waals surface area contributed by atoms with Crippen molar-refractivity contribution < 1.29 is 5.11 Å². The molecule has 2 rings (SSSR count). The molecule has 0 aliphatic heterocycles. The Balaban J connectivity index is 1.91. The Bertz CT molecular complexity index is 839. The Morgan fingerprint density at radius 2 is 1.88 bits per heavy atom. The van der Waals surface area contributed by atoms with E-state index in [2.05, 4.69) is 22.2 Å². The molecule has 0 aliphatic rings. The van der Waals surface area contributed by atoms with Crippen LogP contribution in [0.1, 0.15) is 51.0 Å². The van der Waals surface area contributed by atoms with Gasteiger partial charge < -0.3 is 10.4 Å². The summed E-state index contributed by atoms with van der Waals surface area (Å²) in [4.78, 5) is 31.1. The van der Waals surface area contributed by atoms with Crippen molar-refractivity contribution in [3.05, 3.63) is 50.7 Å². The third-order valence-corrected chi connectivity index (χ3v) is 4.01. The predicted molar refractivity (Wildman–Crippen MR) is 105 cm³/mol. The van der Waals surface area contributed by atoms with Crippen LogP contribution in [-0.4, -0.2) is 27.8 Å². The lowest BCUT2D eigenvalue weighted by Gasteiger charge is -2.07. The fourth-order valence-electron chi connectivity index (χ4n) is 2.58. The average Bonchev–Trinajstić information content (AvgIpc) is 2.60. The molecule has 7 heteroatoms. The van der Waals surface area contributed by atoms with Crippen LogP contribution in [0.3, 0.4) is 0 Å². The zero-order chi connectivity index (χ0) is 18.8. The molecule has 26 heavy (non-hydrogen) atoms. The van der Waals surface area contributed by atoms with E-state index < -0.39 is 17.1 Å². The second kappa shape index (κ2) is 10.2. The Hall–Kier alpha value is -2.83. The van der Waals surface area contributed by atoms with Crippen molar-refractivity contribution in [2.24, 2.45) is 4.99 Å². The zero-order valence-electron chi connectivity index (χ0n) is 15.0. The first-order valence-electron chi connectivity index (χ1n) is 9.03. The molecule has 4 N–H and O–H groups in total. The molecule has 1 heterocycles. The van der Waals surface area contributed by atoms with Crippen LogP contribution in [0, 0.1) is 0 Å². The summed E-state index contributed by atoms with van der Waals surface area (Å²) in [5.74, 6) is -0.500. The lowest BCUT2D eigenvalue weighted by Crippen LogP contribution is -2.24. The van der Waals surface area contributed by atoms with Gasteiger partial charge in [-0.05, 0) is 24.6 Å². The van der Waals surface area contributed by atoms with Crippen molar-refractivity contribution in [2.75, 3.05) is 11.9 Å². The lowest BCUT2D eigenvalue weighted by molar-refractivity contribution is 0.447. The molecule has 0 fully saturated rings. The maximum Gasteiger partial charge on any atom is 0.328 e. The van der Waals surface area contributed by atoms with Gasteiger partial charge in [-0.2, -0.15) is 0 Å². The number of anilines is 1. The van der Waals surface area contributed by atoms with Crippen molar-refractivity contribution in [3.8, 4) is 5.88 Å². The molecule has 0 bridgehead atoms. The van der Waals surface area contributed by atoms with Crippen LogP contribution >= 0.6 is 0 Å². The third kappa shape index (κ3) is 6.23. The van der Waals surface area contributed by atoms with Gasteiger partial charge in [-0.15, -0.1) is 0 Å². The average molecular weight is 358 g/mol. The molecule has 0 saturated carbocycles. The summed E-state index contributed by atoms with van der Waals surface area (Å²) in [5.41, 5.74) is 0.0590. The first-order chi connectivity index (χ1) is 12.6. The molecule has 2 aromatic rings. The van der Waals surface area contributed by atoms with Crippen molar-refractivity contribution in [3.63, 3.8) is 0 Å². The summed E-state index contributed by atoms with van der Waals surface area (Å²) in [6.45, 7) is 3.12. The zero-order valence-corrected chi connectivity index (χ0v) is 15.0. The van der Waals surface area contributed by atoms with Gasteiger partial charge in [-0.1, -0.05) is 45.1 Å². The van der Waals surface area contributed by atoms with E-state index in [-0.39, 0.29) is 5.56 Å². The number of H-pyrrole nitrogens is 2. The van der Waals surface area contributed by atoms with Gasteiger partial charge in [-0.25, -0.2) is 4.79 Å². The Morgan fingerprint density at radius 1 is 1.12 bits per heavy atom. The Kier molecular flexibility index (Phi) is 7.67. The molecular weight excluding hydrogens is 332 g/mol. The van der Waals surface area contributed by atoms with Gasteiger partial charge in [0.15, 0.2) is 0 Å². The number of hydrogen-bond donors (Lipinski definition) is 4. The van der Waals surface area contributed by atoms with E-state index in [1.54, 1.807) is 6.07 Å². The monoisotopic (exact) mass is 358 g/mol. The van der Waals surface area contributed by atoms with E-state index in [1.165, 1.54) is 38.3 Å². The Morgan fingerprint density at radius 3 is 2.65 bits per heavy atom. The molecule has 0 unspecified atom stereocenters. The smallest absolute Gasteiger partial charge is 0.328 e. The second-order valence-electron chi connectivity index (χ2n) is 6.17. The summed E-state index contributed by atoms with van der Waals surface area (Å²) in [5, 5.41) is 13.0. The molecule has 1 aromatic heterocycles. The van der Waals surface area contributed by atoms with E-state index in [9.17, 15) is 14.7 Å². The molecule has 0 amide bonds. The number of rotatable bonds is 10. The Labute approximate surface area is 152 Å². The predicted octanol–water partition coefficient (Wildman–Crippen LogP) is 3.29. The van der Waals surface area contributed by atoms with Crippen LogP contribution < -0.4 is 16.6 Å². The molecule has 140 valence electrons. The highest BCUT2D eigenvalue weighted by atomic mass is 16.3. The van der Waals surface area contributed by atoms with E-state index in [0.717, 1.165) is 18.7 Å². The van der Waals surface area contributed by atoms with Gasteiger partial charge in [0.1, 0.15) is 5.56 Å². The topological polar surface area (TPSA) is 110 Å². The minimum absolute atomic E-state index is 0.0879. The minimum atomic E-state index is -0.759. The highest BCUT2D eigenvalue weighted by molar-refractivity contribution is 5.84. The van der Waals surface area contributed by atoms with Crippen LogP contribution in [0.15, 0.2) is 38.8 Å². The highest BCUT2D eigenvalue weighted by Crippen LogP contribution is 2.18. The van der Waals surface area contributed by atoms with Crippen molar-refractivity contribution in [1.82, 2.24) is 9.97 Å². The first kappa shape index (κ1) is 19.5. The van der Waals surface area contributed by atoms with E-state index in [1.807, 2.05) is 23.2 Å². The maximum absolute atomic E-state index is 11.7. The number of aromatic nitrogens is 2. The highest BCUT2D eigenvalue weighted by Gasteiger charge is 2.05. The summed E-state index contributed by atoms with van der Waals surface area (Å²) in [6, 6.07) is 7.49. The van der Waals surface area contributed by atoms with Gasteiger partial charge in [0.05, 0.1) is 5.69 Å². The van der Waals surface area contributed by atoms with Gasteiger partial charge >= 0.3 is 5.69 Å².